The van der Waals surface area contributed by atoms with E-state index in [1.54, 1.807) is 43.3 Å². The minimum atomic E-state index is -0.448. The van der Waals surface area contributed by atoms with Gasteiger partial charge in [-0.05, 0) is 66.6 Å². The molecule has 0 radical (unpaired) electrons. The van der Waals surface area contributed by atoms with Crippen molar-refractivity contribution in [3.8, 4) is 28.4 Å². The second-order valence-corrected chi connectivity index (χ2v) is 9.25. The van der Waals surface area contributed by atoms with Gasteiger partial charge in [-0.2, -0.15) is 0 Å². The summed E-state index contributed by atoms with van der Waals surface area (Å²) in [5.74, 6) is 1.09. The van der Waals surface area contributed by atoms with E-state index in [0.717, 1.165) is 23.5 Å². The highest BCUT2D eigenvalue weighted by Gasteiger charge is 2.34. The summed E-state index contributed by atoms with van der Waals surface area (Å²) in [7, 11) is 0. The lowest BCUT2D eigenvalue weighted by Gasteiger charge is -2.34. The second-order valence-electron chi connectivity index (χ2n) is 9.25. The number of hydrogen-bond acceptors (Lipinski definition) is 7. The van der Waals surface area contributed by atoms with Crippen LogP contribution in [0.1, 0.15) is 30.1 Å². The zero-order chi connectivity index (χ0) is 25.8. The molecule has 3 aromatic rings. The van der Waals surface area contributed by atoms with E-state index in [0.29, 0.717) is 42.1 Å². The molecule has 1 atom stereocenters. The Labute approximate surface area is 215 Å². The fourth-order valence-electron chi connectivity index (χ4n) is 3.80. The Morgan fingerprint density at radius 1 is 0.838 bits per heavy atom. The predicted octanol–water partition coefficient (Wildman–Crippen LogP) is 5.38. The van der Waals surface area contributed by atoms with E-state index in [1.165, 1.54) is 0 Å². The highest BCUT2D eigenvalue weighted by Crippen LogP contribution is 2.29. The average Bonchev–Trinajstić information content (AvgIpc) is 3.72. The molecule has 190 valence electrons. The van der Waals surface area contributed by atoms with Crippen LogP contribution < -0.4 is 14.2 Å². The molecule has 0 bridgehead atoms. The van der Waals surface area contributed by atoms with Gasteiger partial charge in [-0.15, -0.1) is 0 Å². The fourth-order valence-corrected chi connectivity index (χ4v) is 3.80. The maximum atomic E-state index is 12.6. The molecule has 1 saturated carbocycles. The van der Waals surface area contributed by atoms with E-state index in [-0.39, 0.29) is 24.3 Å². The molecule has 1 aliphatic carbocycles. The van der Waals surface area contributed by atoms with Gasteiger partial charge in [0.1, 0.15) is 42.2 Å². The van der Waals surface area contributed by atoms with Crippen LogP contribution >= 0.6 is 0 Å². The average molecular weight is 501 g/mol. The lowest BCUT2D eigenvalue weighted by molar-refractivity contribution is -0.152. The number of esters is 2. The molecule has 7 nitrogen and oxygen atoms in total. The first-order chi connectivity index (χ1) is 17.9. The van der Waals surface area contributed by atoms with Crippen LogP contribution in [0.4, 0.5) is 0 Å². The van der Waals surface area contributed by atoms with Crippen LogP contribution in [0.15, 0.2) is 84.9 Å². The summed E-state index contributed by atoms with van der Waals surface area (Å²) in [5, 5.41) is 0. The number of benzene rings is 3. The zero-order valence-corrected chi connectivity index (χ0v) is 20.6. The van der Waals surface area contributed by atoms with Gasteiger partial charge in [0.2, 0.25) is 0 Å². The summed E-state index contributed by atoms with van der Waals surface area (Å²) in [6.45, 7) is 6.55. The largest absolute Gasteiger partial charge is 0.491 e. The van der Waals surface area contributed by atoms with Crippen LogP contribution in [-0.2, 0) is 14.3 Å². The number of carbonyl (C=O) groups is 2. The Morgan fingerprint density at radius 2 is 1.41 bits per heavy atom. The monoisotopic (exact) mass is 500 g/mol. The number of rotatable bonds is 10. The fraction of sp³-hybridized carbons (Fsp3) is 0.267. The van der Waals surface area contributed by atoms with Crippen LogP contribution in [0.5, 0.6) is 17.2 Å². The summed E-state index contributed by atoms with van der Waals surface area (Å²) in [4.78, 5) is 24.1. The van der Waals surface area contributed by atoms with Gasteiger partial charge in [0.05, 0.1) is 12.2 Å². The minimum Gasteiger partial charge on any atom is -0.491 e. The molecule has 2 fully saturated rings. The first kappa shape index (κ1) is 24.6. The van der Waals surface area contributed by atoms with Crippen LogP contribution in [0.25, 0.3) is 11.1 Å². The van der Waals surface area contributed by atoms with Crippen molar-refractivity contribution in [3.05, 3.63) is 90.5 Å². The van der Waals surface area contributed by atoms with Gasteiger partial charge in [-0.3, -0.25) is 0 Å². The number of carbonyl (C=O) groups excluding carboxylic acids is 2. The Bertz CT molecular complexity index is 1250. The van der Waals surface area contributed by atoms with Crippen molar-refractivity contribution in [2.45, 2.75) is 38.1 Å². The normalized spacial score (nSPS) is 19.8. The first-order valence-corrected chi connectivity index (χ1v) is 12.2. The van der Waals surface area contributed by atoms with Gasteiger partial charge in [-0.1, -0.05) is 30.8 Å². The third-order valence-corrected chi connectivity index (χ3v) is 6.16. The molecule has 3 aromatic carbocycles. The molecule has 5 rings (SSSR count). The number of ether oxygens (including phenoxy) is 5. The molecule has 1 saturated heterocycles. The number of hydrogen-bond donors (Lipinski definition) is 0. The Hall–Kier alpha value is -4.10. The Morgan fingerprint density at radius 3 is 1.97 bits per heavy atom. The molecule has 0 aromatic heterocycles. The molecule has 2 aliphatic rings. The minimum absolute atomic E-state index is 0.0275. The molecule has 1 heterocycles. The molecule has 1 aliphatic heterocycles. The Kier molecular flexibility index (Phi) is 7.23. The summed E-state index contributed by atoms with van der Waals surface area (Å²) < 4.78 is 27.5. The molecule has 0 amide bonds. The van der Waals surface area contributed by atoms with Crippen molar-refractivity contribution in [1.29, 1.82) is 0 Å². The van der Waals surface area contributed by atoms with Gasteiger partial charge < -0.3 is 23.7 Å². The topological polar surface area (TPSA) is 83.6 Å². The highest BCUT2D eigenvalue weighted by molar-refractivity contribution is 5.91. The van der Waals surface area contributed by atoms with Gasteiger partial charge in [0, 0.05) is 18.4 Å². The number of epoxide rings is 1. The van der Waals surface area contributed by atoms with Gasteiger partial charge in [0.25, 0.3) is 0 Å². The van der Waals surface area contributed by atoms with Crippen molar-refractivity contribution in [1.82, 2.24) is 0 Å². The third kappa shape index (κ3) is 6.57. The van der Waals surface area contributed by atoms with Crippen LogP contribution in [0, 0.1) is 0 Å². The van der Waals surface area contributed by atoms with Gasteiger partial charge in [0.15, 0.2) is 0 Å². The van der Waals surface area contributed by atoms with Crippen molar-refractivity contribution in [2.24, 2.45) is 0 Å². The Balaban J connectivity index is 1.09. The maximum absolute atomic E-state index is 12.6. The van der Waals surface area contributed by atoms with Crippen molar-refractivity contribution in [2.75, 3.05) is 13.2 Å². The van der Waals surface area contributed by atoms with Crippen LogP contribution in [0.2, 0.25) is 0 Å². The molecule has 7 heteroatoms. The maximum Gasteiger partial charge on any atom is 0.343 e. The summed E-state index contributed by atoms with van der Waals surface area (Å²) in [6, 6.07) is 22.0. The molecule has 37 heavy (non-hydrogen) atoms. The van der Waals surface area contributed by atoms with E-state index >= 15 is 0 Å². The summed E-state index contributed by atoms with van der Waals surface area (Å²) in [5.41, 5.74) is 2.85. The van der Waals surface area contributed by atoms with E-state index < -0.39 is 5.97 Å². The highest BCUT2D eigenvalue weighted by atomic mass is 16.6. The predicted molar refractivity (Wildman–Crippen MR) is 137 cm³/mol. The van der Waals surface area contributed by atoms with Gasteiger partial charge in [-0.25, -0.2) is 9.59 Å². The quantitative estimate of drug-likeness (QED) is 0.160. The van der Waals surface area contributed by atoms with Crippen molar-refractivity contribution in [3.63, 3.8) is 0 Å². The van der Waals surface area contributed by atoms with E-state index in [4.69, 9.17) is 23.7 Å². The van der Waals surface area contributed by atoms with Crippen molar-refractivity contribution >= 4 is 11.9 Å². The summed E-state index contributed by atoms with van der Waals surface area (Å²) >= 11 is 0. The smallest absolute Gasteiger partial charge is 0.343 e. The zero-order valence-electron chi connectivity index (χ0n) is 20.6. The standard InChI is InChI=1S/C30H28O7/c1-19(2)29(31)37-27-15-26(16-27)35-24-13-7-22(8-14-24)30(32)36-25-11-5-21(6-12-25)20-3-9-23(10-4-20)33-17-28-18-34-28/h3-14,26-28H,1,15-18H2,2H3. The molecule has 0 spiro atoms. The van der Waals surface area contributed by atoms with Crippen LogP contribution in [0.3, 0.4) is 0 Å². The molecule has 1 unspecified atom stereocenters. The molecule has 0 N–H and O–H groups in total. The van der Waals surface area contributed by atoms with E-state index in [9.17, 15) is 9.59 Å². The summed E-state index contributed by atoms with van der Waals surface area (Å²) in [6.07, 6.45) is 1.32. The van der Waals surface area contributed by atoms with E-state index in [2.05, 4.69) is 6.58 Å². The van der Waals surface area contributed by atoms with E-state index in [1.807, 2.05) is 36.4 Å². The first-order valence-electron chi connectivity index (χ1n) is 12.2. The second kappa shape index (κ2) is 10.9. The van der Waals surface area contributed by atoms with Crippen molar-refractivity contribution < 1.29 is 33.3 Å². The lowest BCUT2D eigenvalue weighted by Crippen LogP contribution is -2.40. The van der Waals surface area contributed by atoms with Crippen LogP contribution in [-0.4, -0.2) is 43.5 Å². The third-order valence-electron chi connectivity index (χ3n) is 6.16. The lowest BCUT2D eigenvalue weighted by atomic mass is 9.92. The SMILES string of the molecule is C=C(C)C(=O)OC1CC(Oc2ccc(C(=O)Oc3ccc(-c4ccc(OCC5CO5)cc4)cc3)cc2)C1. The van der Waals surface area contributed by atoms with Gasteiger partial charge >= 0.3 is 11.9 Å². The molecular weight excluding hydrogens is 472 g/mol. The molecular formula is C30H28O7.